The van der Waals surface area contributed by atoms with Gasteiger partial charge < -0.3 is 14.4 Å². The molecule has 2 aromatic carbocycles. The Kier molecular flexibility index (Phi) is 4.73. The molecule has 144 valence electrons. The Hall–Kier alpha value is -3.35. The highest BCUT2D eigenvalue weighted by molar-refractivity contribution is 5.93. The van der Waals surface area contributed by atoms with Gasteiger partial charge >= 0.3 is 0 Å². The molecule has 28 heavy (non-hydrogen) atoms. The van der Waals surface area contributed by atoms with Crippen molar-refractivity contribution in [1.29, 1.82) is 0 Å². The van der Waals surface area contributed by atoms with E-state index >= 15 is 0 Å². The summed E-state index contributed by atoms with van der Waals surface area (Å²) >= 11 is 0. The van der Waals surface area contributed by atoms with Crippen LogP contribution in [0.15, 0.2) is 42.5 Å². The van der Waals surface area contributed by atoms with Crippen molar-refractivity contribution in [3.05, 3.63) is 65.0 Å². The number of carbonyl (C=O) groups is 1. The number of ether oxygens (including phenoxy) is 2. The molecule has 0 atom stereocenters. The largest absolute Gasteiger partial charge is 0.454 e. The molecule has 7 nitrogen and oxygen atoms in total. The van der Waals surface area contributed by atoms with Crippen molar-refractivity contribution < 1.29 is 14.3 Å². The van der Waals surface area contributed by atoms with E-state index in [4.69, 9.17) is 9.47 Å². The van der Waals surface area contributed by atoms with Crippen LogP contribution in [0.4, 0.5) is 0 Å². The van der Waals surface area contributed by atoms with Crippen LogP contribution in [0.3, 0.4) is 0 Å². The van der Waals surface area contributed by atoms with Gasteiger partial charge in [0.15, 0.2) is 17.2 Å². The first-order valence-electron chi connectivity index (χ1n) is 9.24. The van der Waals surface area contributed by atoms with Crippen molar-refractivity contribution in [2.45, 2.75) is 27.3 Å². The molecule has 4 rings (SSSR count). The van der Waals surface area contributed by atoms with Crippen LogP contribution in [-0.4, -0.2) is 39.1 Å². The van der Waals surface area contributed by atoms with Crippen LogP contribution in [0, 0.1) is 13.8 Å². The minimum atomic E-state index is -0.142. The smallest absolute Gasteiger partial charge is 0.276 e. The van der Waals surface area contributed by atoms with E-state index in [0.717, 1.165) is 28.3 Å². The number of aromatic nitrogens is 3. The van der Waals surface area contributed by atoms with Crippen LogP contribution in [0.25, 0.3) is 5.69 Å². The monoisotopic (exact) mass is 378 g/mol. The summed E-state index contributed by atoms with van der Waals surface area (Å²) in [6.45, 7) is 7.09. The summed E-state index contributed by atoms with van der Waals surface area (Å²) in [4.78, 5) is 14.8. The highest BCUT2D eigenvalue weighted by Gasteiger charge is 2.23. The summed E-state index contributed by atoms with van der Waals surface area (Å²) in [5.74, 6) is 1.30. The SMILES string of the molecule is CCN(Cc1ccc2c(c1)OCO2)C(=O)c1nnn(-c2cccc(C)c2)c1C. The van der Waals surface area contributed by atoms with Crippen LogP contribution in [0.1, 0.15) is 34.2 Å². The van der Waals surface area contributed by atoms with E-state index in [2.05, 4.69) is 10.3 Å². The molecule has 1 aromatic heterocycles. The van der Waals surface area contributed by atoms with Crippen molar-refractivity contribution in [3.8, 4) is 17.2 Å². The Morgan fingerprint density at radius 1 is 1.14 bits per heavy atom. The van der Waals surface area contributed by atoms with Gasteiger partial charge in [0.05, 0.1) is 11.4 Å². The van der Waals surface area contributed by atoms with Gasteiger partial charge in [-0.2, -0.15) is 0 Å². The summed E-state index contributed by atoms with van der Waals surface area (Å²) in [7, 11) is 0. The summed E-state index contributed by atoms with van der Waals surface area (Å²) in [5, 5.41) is 8.37. The predicted molar refractivity (Wildman–Crippen MR) is 104 cm³/mol. The number of benzene rings is 2. The highest BCUT2D eigenvalue weighted by Crippen LogP contribution is 2.33. The van der Waals surface area contributed by atoms with Crippen LogP contribution in [0.5, 0.6) is 11.5 Å². The first kappa shape index (κ1) is 18.0. The Labute approximate surface area is 163 Å². The minimum absolute atomic E-state index is 0.142. The molecule has 0 aliphatic carbocycles. The van der Waals surface area contributed by atoms with Crippen LogP contribution in [0.2, 0.25) is 0 Å². The molecule has 0 radical (unpaired) electrons. The average Bonchev–Trinajstić information content (AvgIpc) is 3.31. The third kappa shape index (κ3) is 3.31. The first-order chi connectivity index (χ1) is 13.6. The molecule has 1 aliphatic heterocycles. The van der Waals surface area contributed by atoms with Crippen molar-refractivity contribution >= 4 is 5.91 Å². The van der Waals surface area contributed by atoms with Gasteiger partial charge in [-0.1, -0.05) is 23.4 Å². The Bertz CT molecular complexity index is 1030. The van der Waals surface area contributed by atoms with Crippen molar-refractivity contribution in [3.63, 3.8) is 0 Å². The molecule has 0 saturated carbocycles. The van der Waals surface area contributed by atoms with Gasteiger partial charge in [0.2, 0.25) is 6.79 Å². The predicted octanol–water partition coefficient (Wildman–Crippen LogP) is 3.28. The summed E-state index contributed by atoms with van der Waals surface area (Å²) in [5.41, 5.74) is 4.08. The van der Waals surface area contributed by atoms with Gasteiger partial charge in [0.1, 0.15) is 0 Å². The van der Waals surface area contributed by atoms with Crippen molar-refractivity contribution in [2.24, 2.45) is 0 Å². The third-order valence-electron chi connectivity index (χ3n) is 4.82. The van der Waals surface area contributed by atoms with E-state index in [-0.39, 0.29) is 12.7 Å². The lowest BCUT2D eigenvalue weighted by Crippen LogP contribution is -2.31. The number of aryl methyl sites for hydroxylation is 1. The fraction of sp³-hybridized carbons (Fsp3) is 0.286. The maximum absolute atomic E-state index is 13.1. The van der Waals surface area contributed by atoms with E-state index in [1.807, 2.05) is 63.2 Å². The van der Waals surface area contributed by atoms with Gasteiger partial charge in [-0.3, -0.25) is 4.79 Å². The van der Waals surface area contributed by atoms with Gasteiger partial charge in [-0.25, -0.2) is 4.68 Å². The zero-order chi connectivity index (χ0) is 19.7. The van der Waals surface area contributed by atoms with Crippen LogP contribution in [-0.2, 0) is 6.54 Å². The Morgan fingerprint density at radius 3 is 2.75 bits per heavy atom. The maximum atomic E-state index is 13.1. The molecule has 2 heterocycles. The van der Waals surface area contributed by atoms with Gasteiger partial charge in [-0.15, -0.1) is 5.10 Å². The van der Waals surface area contributed by atoms with Crippen LogP contribution >= 0.6 is 0 Å². The van der Waals surface area contributed by atoms with Gasteiger partial charge in [0, 0.05) is 13.1 Å². The van der Waals surface area contributed by atoms with E-state index in [1.165, 1.54) is 0 Å². The molecular formula is C21H22N4O3. The summed E-state index contributed by atoms with van der Waals surface area (Å²) < 4.78 is 12.5. The molecule has 0 unspecified atom stereocenters. The van der Waals surface area contributed by atoms with E-state index in [0.29, 0.717) is 24.5 Å². The van der Waals surface area contributed by atoms with E-state index in [1.54, 1.807) is 9.58 Å². The number of amides is 1. The van der Waals surface area contributed by atoms with Crippen molar-refractivity contribution in [1.82, 2.24) is 19.9 Å². The number of nitrogens with zero attached hydrogens (tertiary/aromatic N) is 4. The number of rotatable bonds is 5. The molecule has 0 spiro atoms. The lowest BCUT2D eigenvalue weighted by molar-refractivity contribution is 0.0745. The fourth-order valence-corrected chi connectivity index (χ4v) is 3.27. The second-order valence-electron chi connectivity index (χ2n) is 6.78. The number of hydrogen-bond donors (Lipinski definition) is 0. The lowest BCUT2D eigenvalue weighted by atomic mass is 10.1. The molecule has 7 heteroatoms. The highest BCUT2D eigenvalue weighted by atomic mass is 16.7. The topological polar surface area (TPSA) is 69.5 Å². The molecule has 0 fully saturated rings. The maximum Gasteiger partial charge on any atom is 0.276 e. The second-order valence-corrected chi connectivity index (χ2v) is 6.78. The molecule has 1 amide bonds. The standard InChI is InChI=1S/C21H22N4O3/c1-4-24(12-16-8-9-18-19(11-16)28-13-27-18)21(26)20-15(3)25(23-22-20)17-7-5-6-14(2)10-17/h5-11H,4,12-13H2,1-3H3. The quantitative estimate of drug-likeness (QED) is 0.681. The Morgan fingerprint density at radius 2 is 1.96 bits per heavy atom. The normalized spacial score (nSPS) is 12.2. The number of fused-ring (bicyclic) bond motifs is 1. The molecule has 3 aromatic rings. The third-order valence-corrected chi connectivity index (χ3v) is 4.82. The number of hydrogen-bond acceptors (Lipinski definition) is 5. The second kappa shape index (κ2) is 7.34. The minimum Gasteiger partial charge on any atom is -0.454 e. The van der Waals surface area contributed by atoms with Gasteiger partial charge in [-0.05, 0) is 56.2 Å². The summed E-state index contributed by atoms with van der Waals surface area (Å²) in [6, 6.07) is 13.7. The van der Waals surface area contributed by atoms with Gasteiger partial charge in [0.25, 0.3) is 5.91 Å². The van der Waals surface area contributed by atoms with Crippen molar-refractivity contribution in [2.75, 3.05) is 13.3 Å². The fourth-order valence-electron chi connectivity index (χ4n) is 3.27. The molecular weight excluding hydrogens is 356 g/mol. The molecule has 1 aliphatic rings. The first-order valence-corrected chi connectivity index (χ1v) is 9.24. The van der Waals surface area contributed by atoms with E-state index in [9.17, 15) is 4.79 Å². The number of carbonyl (C=O) groups excluding carboxylic acids is 1. The average molecular weight is 378 g/mol. The molecule has 0 N–H and O–H groups in total. The van der Waals surface area contributed by atoms with E-state index < -0.39 is 0 Å². The molecule has 0 bridgehead atoms. The zero-order valence-corrected chi connectivity index (χ0v) is 16.2. The molecule has 0 saturated heterocycles. The lowest BCUT2D eigenvalue weighted by Gasteiger charge is -2.20. The zero-order valence-electron chi connectivity index (χ0n) is 16.2. The Balaban J connectivity index is 1.57. The summed E-state index contributed by atoms with van der Waals surface area (Å²) in [6.07, 6.45) is 0. The van der Waals surface area contributed by atoms with Crippen LogP contribution < -0.4 is 9.47 Å².